The van der Waals surface area contributed by atoms with E-state index in [9.17, 15) is 5.11 Å². The molecule has 14 heavy (non-hydrogen) atoms. The molecule has 0 aliphatic carbocycles. The molecule has 0 spiro atoms. The summed E-state index contributed by atoms with van der Waals surface area (Å²) in [5, 5.41) is 9.50. The van der Waals surface area contributed by atoms with Gasteiger partial charge in [0.2, 0.25) is 0 Å². The van der Waals surface area contributed by atoms with Crippen molar-refractivity contribution in [1.29, 1.82) is 0 Å². The summed E-state index contributed by atoms with van der Waals surface area (Å²) in [5.41, 5.74) is 0. The molecule has 0 saturated heterocycles. The molecule has 0 aliphatic heterocycles. The van der Waals surface area contributed by atoms with Crippen molar-refractivity contribution in [3.8, 4) is 0 Å². The lowest BCUT2D eigenvalue weighted by Gasteiger charge is -2.13. The highest BCUT2D eigenvalue weighted by Crippen LogP contribution is 2.13. The number of ether oxygens (including phenoxy) is 2. The van der Waals surface area contributed by atoms with E-state index in [0.29, 0.717) is 0 Å². The van der Waals surface area contributed by atoms with Gasteiger partial charge in [0.05, 0.1) is 12.7 Å². The third kappa shape index (κ3) is 8.81. The summed E-state index contributed by atoms with van der Waals surface area (Å²) < 4.78 is 10.3. The minimum absolute atomic E-state index is 0.242. The summed E-state index contributed by atoms with van der Waals surface area (Å²) in [4.78, 5) is 0. The monoisotopic (exact) mass is 222 g/mol. The van der Waals surface area contributed by atoms with Crippen LogP contribution in [0.5, 0.6) is 0 Å². The van der Waals surface area contributed by atoms with Crippen molar-refractivity contribution in [2.45, 2.75) is 31.6 Å². The van der Waals surface area contributed by atoms with Crippen molar-refractivity contribution in [2.75, 3.05) is 32.7 Å². The predicted molar refractivity (Wildman–Crippen MR) is 60.9 cm³/mol. The Bertz CT molecular complexity index is 120. The van der Waals surface area contributed by atoms with Gasteiger partial charge in [0.25, 0.3) is 0 Å². The Hall–Kier alpha value is 0.230. The molecule has 3 nitrogen and oxygen atoms in total. The quantitative estimate of drug-likeness (QED) is 0.601. The number of thioether (sulfide) groups is 1. The van der Waals surface area contributed by atoms with Crippen LogP contribution in [0, 0.1) is 0 Å². The molecule has 0 amide bonds. The molecule has 2 unspecified atom stereocenters. The molecule has 0 saturated carbocycles. The van der Waals surface area contributed by atoms with E-state index >= 15 is 0 Å². The molecular formula is C10H22O3S. The second kappa shape index (κ2) is 9.77. The van der Waals surface area contributed by atoms with E-state index in [0.717, 1.165) is 32.0 Å². The molecule has 0 rings (SSSR count). The van der Waals surface area contributed by atoms with Gasteiger partial charge in [0.15, 0.2) is 0 Å². The molecule has 0 aliphatic rings. The lowest BCUT2D eigenvalue weighted by Crippen LogP contribution is -2.16. The zero-order valence-corrected chi connectivity index (χ0v) is 10.2. The number of methoxy groups -OCH3 is 1. The van der Waals surface area contributed by atoms with E-state index in [-0.39, 0.29) is 11.4 Å². The van der Waals surface area contributed by atoms with Crippen molar-refractivity contribution in [2.24, 2.45) is 0 Å². The van der Waals surface area contributed by atoms with Gasteiger partial charge in [-0.1, -0.05) is 6.92 Å². The molecule has 86 valence electrons. The zero-order valence-electron chi connectivity index (χ0n) is 9.36. The van der Waals surface area contributed by atoms with Crippen LogP contribution in [0.25, 0.3) is 0 Å². The second-order valence-corrected chi connectivity index (χ2v) is 4.76. The van der Waals surface area contributed by atoms with Crippen LogP contribution in [0.1, 0.15) is 20.3 Å². The predicted octanol–water partition coefficient (Wildman–Crippen LogP) is 1.54. The maximum absolute atomic E-state index is 9.22. The smallest absolute Gasteiger partial charge is 0.0628 e. The summed E-state index contributed by atoms with van der Waals surface area (Å²) in [5.74, 6) is 0.944. The Labute approximate surface area is 91.2 Å². The Balaban J connectivity index is 3.06. The van der Waals surface area contributed by atoms with Gasteiger partial charge in [-0.25, -0.2) is 0 Å². The molecule has 0 aromatic rings. The maximum atomic E-state index is 9.22. The van der Waals surface area contributed by atoms with Crippen molar-refractivity contribution in [3.05, 3.63) is 0 Å². The molecule has 0 heterocycles. The number of aliphatic hydroxyl groups is 1. The van der Waals surface area contributed by atoms with Gasteiger partial charge >= 0.3 is 0 Å². The normalized spacial score (nSPS) is 15.4. The first-order valence-electron chi connectivity index (χ1n) is 5.04. The van der Waals surface area contributed by atoms with Gasteiger partial charge in [0, 0.05) is 31.3 Å². The maximum Gasteiger partial charge on any atom is 0.0628 e. The highest BCUT2D eigenvalue weighted by molar-refractivity contribution is 7.99. The molecule has 0 aromatic heterocycles. The van der Waals surface area contributed by atoms with E-state index < -0.39 is 0 Å². The number of aliphatic hydroxyl groups excluding tert-OH is 1. The average molecular weight is 222 g/mol. The lowest BCUT2D eigenvalue weighted by atomic mass is 10.3. The van der Waals surface area contributed by atoms with Crippen molar-refractivity contribution >= 4 is 11.8 Å². The first kappa shape index (κ1) is 14.2. The van der Waals surface area contributed by atoms with Crippen LogP contribution in [-0.2, 0) is 9.47 Å². The Kier molecular flexibility index (Phi) is 9.93. The van der Waals surface area contributed by atoms with Crippen LogP contribution in [0.3, 0.4) is 0 Å². The molecule has 0 fully saturated rings. The van der Waals surface area contributed by atoms with E-state index in [1.54, 1.807) is 18.9 Å². The van der Waals surface area contributed by atoms with Crippen LogP contribution in [0.15, 0.2) is 0 Å². The third-order valence-corrected chi connectivity index (χ3v) is 3.25. The Morgan fingerprint density at radius 1 is 1.21 bits per heavy atom. The fourth-order valence-corrected chi connectivity index (χ4v) is 1.70. The second-order valence-electron chi connectivity index (χ2n) is 3.28. The largest absolute Gasteiger partial charge is 0.392 e. The molecule has 0 aromatic carbocycles. The van der Waals surface area contributed by atoms with E-state index in [1.165, 1.54) is 0 Å². The van der Waals surface area contributed by atoms with Gasteiger partial charge < -0.3 is 14.6 Å². The minimum Gasteiger partial charge on any atom is -0.392 e. The standard InChI is InChI=1S/C10H22O3S/c1-9(11)10(2)14-8-7-13-6-4-5-12-3/h9-11H,4-8H2,1-3H3. The van der Waals surface area contributed by atoms with Crippen LogP contribution in [-0.4, -0.2) is 49.1 Å². The minimum atomic E-state index is -0.242. The van der Waals surface area contributed by atoms with Crippen molar-refractivity contribution in [3.63, 3.8) is 0 Å². The fraction of sp³-hybridized carbons (Fsp3) is 1.00. The van der Waals surface area contributed by atoms with Gasteiger partial charge in [-0.05, 0) is 13.3 Å². The topological polar surface area (TPSA) is 38.7 Å². The lowest BCUT2D eigenvalue weighted by molar-refractivity contribution is 0.113. The number of hydrogen-bond donors (Lipinski definition) is 1. The summed E-state index contributed by atoms with van der Waals surface area (Å²) in [6.07, 6.45) is 0.709. The van der Waals surface area contributed by atoms with Crippen molar-refractivity contribution < 1.29 is 14.6 Å². The van der Waals surface area contributed by atoms with Crippen LogP contribution in [0.2, 0.25) is 0 Å². The number of hydrogen-bond acceptors (Lipinski definition) is 4. The zero-order chi connectivity index (χ0) is 10.8. The van der Waals surface area contributed by atoms with Crippen LogP contribution in [0.4, 0.5) is 0 Å². The Morgan fingerprint density at radius 3 is 2.50 bits per heavy atom. The molecule has 1 N–H and O–H groups in total. The Morgan fingerprint density at radius 2 is 1.93 bits per heavy atom. The van der Waals surface area contributed by atoms with E-state index in [2.05, 4.69) is 0 Å². The van der Waals surface area contributed by atoms with E-state index in [1.807, 2.05) is 13.8 Å². The first-order valence-corrected chi connectivity index (χ1v) is 6.09. The molecular weight excluding hydrogens is 200 g/mol. The molecule has 4 heteroatoms. The van der Waals surface area contributed by atoms with E-state index in [4.69, 9.17) is 9.47 Å². The molecule has 2 atom stereocenters. The van der Waals surface area contributed by atoms with Gasteiger partial charge in [-0.2, -0.15) is 11.8 Å². The highest BCUT2D eigenvalue weighted by Gasteiger charge is 2.07. The fourth-order valence-electron chi connectivity index (χ4n) is 0.840. The first-order chi connectivity index (χ1) is 6.68. The van der Waals surface area contributed by atoms with Gasteiger partial charge in [-0.15, -0.1) is 0 Å². The van der Waals surface area contributed by atoms with Crippen molar-refractivity contribution in [1.82, 2.24) is 0 Å². The average Bonchev–Trinajstić information content (AvgIpc) is 2.16. The summed E-state index contributed by atoms with van der Waals surface area (Å²) in [6, 6.07) is 0. The summed E-state index contributed by atoms with van der Waals surface area (Å²) >= 11 is 1.74. The van der Waals surface area contributed by atoms with Gasteiger partial charge in [0.1, 0.15) is 0 Å². The van der Waals surface area contributed by atoms with Crippen LogP contribution < -0.4 is 0 Å². The van der Waals surface area contributed by atoms with Gasteiger partial charge in [-0.3, -0.25) is 0 Å². The van der Waals surface area contributed by atoms with Crippen LogP contribution >= 0.6 is 11.8 Å². The highest BCUT2D eigenvalue weighted by atomic mass is 32.2. The SMILES string of the molecule is COCCCOCCSC(C)C(C)O. The summed E-state index contributed by atoms with van der Waals surface area (Å²) in [6.45, 7) is 6.12. The number of rotatable bonds is 9. The molecule has 0 radical (unpaired) electrons. The third-order valence-electron chi connectivity index (χ3n) is 1.92. The molecule has 0 bridgehead atoms. The summed E-state index contributed by atoms with van der Waals surface area (Å²) in [7, 11) is 1.69.